The van der Waals surface area contributed by atoms with E-state index in [0.717, 1.165) is 32.1 Å². The molecule has 0 unspecified atom stereocenters. The van der Waals surface area contributed by atoms with Crippen LogP contribution in [0, 0.1) is 13.8 Å². The number of amides is 1. The maximum Gasteiger partial charge on any atom is 0.262 e. The number of thioether (sulfide) groups is 1. The lowest BCUT2D eigenvalue weighted by Crippen LogP contribution is -2.22. The van der Waals surface area contributed by atoms with Crippen LogP contribution in [-0.4, -0.2) is 21.2 Å². The number of carbonyl (C=O) groups excluding carboxylic acids is 1. The molecule has 0 spiro atoms. The Hall–Kier alpha value is -2.12. The van der Waals surface area contributed by atoms with Crippen molar-refractivity contribution in [3.8, 4) is 0 Å². The minimum Gasteiger partial charge on any atom is -0.325 e. The highest BCUT2D eigenvalue weighted by Crippen LogP contribution is 2.33. The Kier molecular flexibility index (Phi) is 6.72. The van der Waals surface area contributed by atoms with E-state index in [0.29, 0.717) is 22.4 Å². The lowest BCUT2D eigenvalue weighted by Gasteiger charge is -2.20. The summed E-state index contributed by atoms with van der Waals surface area (Å²) in [7, 11) is 1.71. The molecule has 0 radical (unpaired) electrons. The molecule has 1 aromatic carbocycles. The number of fused-ring (bicyclic) bond motifs is 1. The van der Waals surface area contributed by atoms with E-state index in [2.05, 4.69) is 56.2 Å². The lowest BCUT2D eigenvalue weighted by molar-refractivity contribution is -0.113. The molecule has 1 amide bonds. The summed E-state index contributed by atoms with van der Waals surface area (Å²) in [5.74, 6) is 0.714. The number of para-hydroxylation sites is 1. The zero-order chi connectivity index (χ0) is 22.2. The van der Waals surface area contributed by atoms with Gasteiger partial charge < -0.3 is 5.32 Å². The molecule has 2 heterocycles. The molecule has 2 aromatic heterocycles. The van der Waals surface area contributed by atoms with Gasteiger partial charge in [-0.1, -0.05) is 57.7 Å². The monoisotopic (exact) mass is 443 g/mol. The summed E-state index contributed by atoms with van der Waals surface area (Å²) in [6, 6.07) is 6.19. The zero-order valence-electron chi connectivity index (χ0n) is 18.6. The molecule has 30 heavy (non-hydrogen) atoms. The predicted molar refractivity (Wildman–Crippen MR) is 128 cm³/mol. The molecule has 0 bridgehead atoms. The quantitative estimate of drug-likeness (QED) is 0.398. The van der Waals surface area contributed by atoms with E-state index in [4.69, 9.17) is 0 Å². The average Bonchev–Trinajstić information content (AvgIpc) is 2.97. The fraction of sp³-hybridized carbons (Fsp3) is 0.435. The molecule has 5 nitrogen and oxygen atoms in total. The number of anilines is 1. The van der Waals surface area contributed by atoms with Crippen molar-refractivity contribution in [3.05, 3.63) is 50.1 Å². The van der Waals surface area contributed by atoms with Gasteiger partial charge in [-0.15, -0.1) is 11.3 Å². The third-order valence-corrected chi connectivity index (χ3v) is 7.47. The second kappa shape index (κ2) is 8.94. The minimum atomic E-state index is -0.0945. The van der Waals surface area contributed by atoms with Crippen molar-refractivity contribution in [2.75, 3.05) is 11.1 Å². The van der Waals surface area contributed by atoms with Gasteiger partial charge in [0.15, 0.2) is 5.16 Å². The molecular weight excluding hydrogens is 414 g/mol. The van der Waals surface area contributed by atoms with Gasteiger partial charge in [-0.3, -0.25) is 14.2 Å². The van der Waals surface area contributed by atoms with Crippen molar-refractivity contribution in [1.29, 1.82) is 0 Å². The predicted octanol–water partition coefficient (Wildman–Crippen LogP) is 5.59. The van der Waals surface area contributed by atoms with Crippen molar-refractivity contribution in [2.45, 2.75) is 58.5 Å². The van der Waals surface area contributed by atoms with Crippen molar-refractivity contribution >= 4 is 44.9 Å². The maximum absolute atomic E-state index is 12.8. The molecule has 0 atom stereocenters. The number of aryl methyl sites for hydroxylation is 2. The summed E-state index contributed by atoms with van der Waals surface area (Å²) in [4.78, 5) is 32.1. The Balaban J connectivity index is 1.84. The third-order valence-electron chi connectivity index (χ3n) is 5.34. The highest BCUT2D eigenvalue weighted by atomic mass is 32.2. The van der Waals surface area contributed by atoms with Gasteiger partial charge in [-0.05, 0) is 42.4 Å². The fourth-order valence-electron chi connectivity index (χ4n) is 3.49. The van der Waals surface area contributed by atoms with Crippen LogP contribution in [0.3, 0.4) is 0 Å². The van der Waals surface area contributed by atoms with Crippen molar-refractivity contribution < 1.29 is 4.79 Å². The van der Waals surface area contributed by atoms with Gasteiger partial charge in [0.05, 0.1) is 11.1 Å². The molecule has 160 valence electrons. The summed E-state index contributed by atoms with van der Waals surface area (Å²) in [6.45, 7) is 12.5. The van der Waals surface area contributed by atoms with E-state index >= 15 is 0 Å². The van der Waals surface area contributed by atoms with Gasteiger partial charge >= 0.3 is 0 Å². The number of nitrogens with one attached hydrogen (secondary N) is 1. The number of nitrogens with zero attached hydrogens (tertiary/aromatic N) is 2. The Labute approximate surface area is 185 Å². The Morgan fingerprint density at radius 3 is 2.33 bits per heavy atom. The summed E-state index contributed by atoms with van der Waals surface area (Å²) >= 11 is 2.82. The van der Waals surface area contributed by atoms with Crippen LogP contribution in [0.2, 0.25) is 0 Å². The van der Waals surface area contributed by atoms with E-state index < -0.39 is 0 Å². The van der Waals surface area contributed by atoms with Gasteiger partial charge in [0.1, 0.15) is 4.83 Å². The highest BCUT2D eigenvalue weighted by molar-refractivity contribution is 7.99. The van der Waals surface area contributed by atoms with Crippen LogP contribution in [0.15, 0.2) is 28.2 Å². The van der Waals surface area contributed by atoms with Crippen LogP contribution in [0.25, 0.3) is 10.2 Å². The first-order chi connectivity index (χ1) is 14.1. The van der Waals surface area contributed by atoms with Crippen LogP contribution in [-0.2, 0) is 11.8 Å². The first kappa shape index (κ1) is 22.6. The number of thiophene rings is 1. The summed E-state index contributed by atoms with van der Waals surface area (Å²) < 4.78 is 1.54. The van der Waals surface area contributed by atoms with Gasteiger partial charge in [0, 0.05) is 17.6 Å². The Morgan fingerprint density at radius 2 is 1.77 bits per heavy atom. The molecule has 1 N–H and O–H groups in total. The Bertz CT molecular complexity index is 1130. The molecule has 0 saturated heterocycles. The normalized spacial score (nSPS) is 11.6. The van der Waals surface area contributed by atoms with Gasteiger partial charge in [0.2, 0.25) is 5.91 Å². The SMILES string of the molecule is Cc1sc2nc(SCC(=O)Nc3c(C(C)C)cccc3C(C)C)n(C)c(=O)c2c1C. The number of rotatable bonds is 6. The minimum absolute atomic E-state index is 0.0583. The highest BCUT2D eigenvalue weighted by Gasteiger charge is 2.18. The number of aromatic nitrogens is 2. The molecule has 7 heteroatoms. The van der Waals surface area contributed by atoms with E-state index in [1.807, 2.05) is 13.8 Å². The molecule has 3 aromatic rings. The third kappa shape index (κ3) is 4.32. The number of hydrogen-bond donors (Lipinski definition) is 1. The lowest BCUT2D eigenvalue weighted by atomic mass is 9.92. The second-order valence-corrected chi connectivity index (χ2v) is 10.3. The van der Waals surface area contributed by atoms with E-state index in [1.165, 1.54) is 23.1 Å². The van der Waals surface area contributed by atoms with E-state index in [9.17, 15) is 9.59 Å². The molecule has 3 rings (SSSR count). The van der Waals surface area contributed by atoms with Crippen LogP contribution in [0.4, 0.5) is 5.69 Å². The topological polar surface area (TPSA) is 64.0 Å². The van der Waals surface area contributed by atoms with Gasteiger partial charge in [-0.25, -0.2) is 4.98 Å². The van der Waals surface area contributed by atoms with Gasteiger partial charge in [0.25, 0.3) is 5.56 Å². The number of hydrogen-bond acceptors (Lipinski definition) is 5. The average molecular weight is 444 g/mol. The van der Waals surface area contributed by atoms with E-state index in [-0.39, 0.29) is 17.2 Å². The molecule has 0 aliphatic rings. The first-order valence-electron chi connectivity index (χ1n) is 10.1. The summed E-state index contributed by atoms with van der Waals surface area (Å²) in [6.07, 6.45) is 0. The molecular formula is C23H29N3O2S2. The molecule has 0 saturated carbocycles. The zero-order valence-corrected chi connectivity index (χ0v) is 20.3. The molecule has 0 aliphatic carbocycles. The summed E-state index contributed by atoms with van der Waals surface area (Å²) in [5, 5.41) is 4.37. The smallest absolute Gasteiger partial charge is 0.262 e. The van der Waals surface area contributed by atoms with Crippen molar-refractivity contribution in [1.82, 2.24) is 9.55 Å². The van der Waals surface area contributed by atoms with Gasteiger partial charge in [-0.2, -0.15) is 0 Å². The Morgan fingerprint density at radius 1 is 1.17 bits per heavy atom. The van der Waals surface area contributed by atoms with Crippen LogP contribution in [0.1, 0.15) is 61.1 Å². The summed E-state index contributed by atoms with van der Waals surface area (Å²) in [5.41, 5.74) is 4.11. The first-order valence-corrected chi connectivity index (χ1v) is 11.9. The fourth-order valence-corrected chi connectivity index (χ4v) is 5.33. The van der Waals surface area contributed by atoms with Crippen LogP contribution in [0.5, 0.6) is 0 Å². The maximum atomic E-state index is 12.8. The van der Waals surface area contributed by atoms with Crippen molar-refractivity contribution in [2.24, 2.45) is 7.05 Å². The largest absolute Gasteiger partial charge is 0.325 e. The number of carbonyl (C=O) groups is 1. The number of benzene rings is 1. The van der Waals surface area contributed by atoms with Crippen LogP contribution < -0.4 is 10.9 Å². The molecule has 0 aliphatic heterocycles. The molecule has 0 fully saturated rings. The van der Waals surface area contributed by atoms with E-state index in [1.54, 1.807) is 11.6 Å². The van der Waals surface area contributed by atoms with Crippen molar-refractivity contribution in [3.63, 3.8) is 0 Å². The van der Waals surface area contributed by atoms with Crippen LogP contribution >= 0.6 is 23.1 Å². The second-order valence-electron chi connectivity index (χ2n) is 8.18. The standard InChI is InChI=1S/C23H29N3O2S2/c1-12(2)16-9-8-10-17(13(3)4)20(16)24-18(27)11-29-23-25-21-19(22(28)26(23)7)14(5)15(6)30-21/h8-10,12-13H,11H2,1-7H3,(H,24,27).